The summed E-state index contributed by atoms with van der Waals surface area (Å²) >= 11 is 19.3. The van der Waals surface area contributed by atoms with Crippen LogP contribution in [0.3, 0.4) is 0 Å². The summed E-state index contributed by atoms with van der Waals surface area (Å²) in [5.74, 6) is 0.443. The third-order valence-corrected chi connectivity index (χ3v) is 8.00. The molecule has 0 radical (unpaired) electrons. The number of thiophene rings is 1. The maximum Gasteiger partial charge on any atom is 0.264 e. The summed E-state index contributed by atoms with van der Waals surface area (Å²) in [6, 6.07) is 4.75. The van der Waals surface area contributed by atoms with Crippen LogP contribution >= 0.6 is 46.1 Å². The van der Waals surface area contributed by atoms with Crippen molar-refractivity contribution in [2.75, 3.05) is 24.9 Å². The first-order valence-corrected chi connectivity index (χ1v) is 11.2. The Labute approximate surface area is 171 Å². The molecule has 1 N–H and O–H groups in total. The zero-order valence-corrected chi connectivity index (χ0v) is 18.0. The number of anilines is 1. The van der Waals surface area contributed by atoms with Crippen LogP contribution < -0.4 is 9.46 Å². The van der Waals surface area contributed by atoms with E-state index in [4.69, 9.17) is 39.5 Å². The first-order chi connectivity index (χ1) is 12.2. The molecule has 142 valence electrons. The van der Waals surface area contributed by atoms with Gasteiger partial charge in [0.05, 0.1) is 15.0 Å². The average molecular weight is 456 g/mol. The van der Waals surface area contributed by atoms with E-state index >= 15 is 0 Å². The van der Waals surface area contributed by atoms with Gasteiger partial charge in [-0.15, -0.1) is 11.3 Å². The van der Waals surface area contributed by atoms with E-state index in [-0.39, 0.29) is 15.3 Å². The molecular formula is C16H17Cl3N2O3S2. The van der Waals surface area contributed by atoms with Crippen molar-refractivity contribution in [3.8, 4) is 5.75 Å². The van der Waals surface area contributed by atoms with Gasteiger partial charge in [0, 0.05) is 24.7 Å². The number of hydrogen-bond acceptors (Lipinski definition) is 5. The second-order valence-electron chi connectivity index (χ2n) is 6.15. The number of nitrogens with one attached hydrogen (secondary N) is 1. The van der Waals surface area contributed by atoms with E-state index in [1.165, 1.54) is 0 Å². The van der Waals surface area contributed by atoms with E-state index in [2.05, 4.69) is 9.62 Å². The van der Waals surface area contributed by atoms with E-state index in [1.54, 1.807) is 25.1 Å². The van der Waals surface area contributed by atoms with Gasteiger partial charge in [0.1, 0.15) is 21.1 Å². The lowest BCUT2D eigenvalue weighted by Gasteiger charge is -2.16. The van der Waals surface area contributed by atoms with Gasteiger partial charge in [0.25, 0.3) is 10.0 Å². The molecule has 1 aliphatic heterocycles. The van der Waals surface area contributed by atoms with E-state index in [1.807, 2.05) is 7.05 Å². The number of rotatable bonds is 5. The molecule has 1 aromatic carbocycles. The van der Waals surface area contributed by atoms with Gasteiger partial charge < -0.3 is 9.64 Å². The molecular weight excluding hydrogens is 439 g/mol. The number of nitrogens with zero attached hydrogens (tertiary/aromatic N) is 1. The van der Waals surface area contributed by atoms with E-state index in [9.17, 15) is 8.42 Å². The van der Waals surface area contributed by atoms with Crippen LogP contribution in [-0.2, 0) is 10.0 Å². The van der Waals surface area contributed by atoms with Crippen molar-refractivity contribution >= 4 is 61.9 Å². The number of ether oxygens (including phenoxy) is 1. The molecule has 1 aliphatic rings. The SMILES string of the molecule is Cc1c(Cl)sc(Cl)c1S(=O)(=O)Nc1ccc(Cl)c(O[C@@H]2CCN(C)C2)c1. The van der Waals surface area contributed by atoms with Crippen LogP contribution in [0.25, 0.3) is 0 Å². The zero-order valence-electron chi connectivity index (χ0n) is 14.1. The van der Waals surface area contributed by atoms with Crippen LogP contribution in [0, 0.1) is 6.92 Å². The van der Waals surface area contributed by atoms with Crippen molar-refractivity contribution in [2.45, 2.75) is 24.3 Å². The summed E-state index contributed by atoms with van der Waals surface area (Å²) in [4.78, 5) is 2.15. The van der Waals surface area contributed by atoms with Gasteiger partial charge in [-0.25, -0.2) is 8.42 Å². The van der Waals surface area contributed by atoms with Gasteiger partial charge >= 0.3 is 0 Å². The number of hydrogen-bond donors (Lipinski definition) is 1. The molecule has 5 nitrogen and oxygen atoms in total. The summed E-state index contributed by atoms with van der Waals surface area (Å²) in [5, 5.41) is 0.426. The summed E-state index contributed by atoms with van der Waals surface area (Å²) in [6.07, 6.45) is 0.919. The molecule has 0 aliphatic carbocycles. The topological polar surface area (TPSA) is 58.6 Å². The Balaban J connectivity index is 1.84. The van der Waals surface area contributed by atoms with Crippen molar-refractivity contribution in [3.05, 3.63) is 37.5 Å². The summed E-state index contributed by atoms with van der Waals surface area (Å²) in [7, 11) is -1.86. The fourth-order valence-corrected chi connectivity index (χ4v) is 6.55. The number of halogens is 3. The Bertz CT molecular complexity index is 931. The van der Waals surface area contributed by atoms with Gasteiger partial charge in [-0.05, 0) is 32.5 Å². The van der Waals surface area contributed by atoms with Crippen LogP contribution in [0.5, 0.6) is 5.75 Å². The molecule has 2 aromatic rings. The smallest absolute Gasteiger partial charge is 0.264 e. The Morgan fingerprint density at radius 2 is 2.00 bits per heavy atom. The fourth-order valence-electron chi connectivity index (χ4n) is 2.78. The number of sulfonamides is 1. The van der Waals surface area contributed by atoms with Crippen molar-refractivity contribution in [1.82, 2.24) is 4.90 Å². The third-order valence-electron chi connectivity index (χ3n) is 4.09. The monoisotopic (exact) mass is 454 g/mol. The molecule has 0 spiro atoms. The normalized spacial score (nSPS) is 18.3. The molecule has 3 rings (SSSR count). The van der Waals surface area contributed by atoms with Gasteiger partial charge in [0.2, 0.25) is 0 Å². The first-order valence-electron chi connectivity index (χ1n) is 7.79. The summed E-state index contributed by atoms with van der Waals surface area (Å²) in [5.41, 5.74) is 0.766. The van der Waals surface area contributed by atoms with E-state index < -0.39 is 10.0 Å². The molecule has 0 bridgehead atoms. The molecule has 0 unspecified atom stereocenters. The van der Waals surface area contributed by atoms with Crippen molar-refractivity contribution in [1.29, 1.82) is 0 Å². The summed E-state index contributed by atoms with van der Waals surface area (Å²) in [6.45, 7) is 3.37. The molecule has 1 atom stereocenters. The number of likely N-dealkylation sites (N-methyl/N-ethyl adjacent to an activating group) is 1. The van der Waals surface area contributed by atoms with Crippen LogP contribution in [0.15, 0.2) is 23.1 Å². The highest BCUT2D eigenvalue weighted by molar-refractivity contribution is 7.93. The Morgan fingerprint density at radius 3 is 2.58 bits per heavy atom. The Morgan fingerprint density at radius 1 is 1.27 bits per heavy atom. The lowest BCUT2D eigenvalue weighted by Crippen LogP contribution is -2.21. The standard InChI is InChI=1S/C16H17Cl3N2O3S2/c1-9-14(16(19)25-15(9)18)26(22,23)20-10-3-4-12(17)13(7-10)24-11-5-6-21(2)8-11/h3-4,7,11,20H,5-6,8H2,1-2H3/t11-/m1/s1. The predicted molar refractivity (Wildman–Crippen MR) is 108 cm³/mol. The summed E-state index contributed by atoms with van der Waals surface area (Å²) < 4.78 is 34.4. The zero-order chi connectivity index (χ0) is 19.1. The minimum Gasteiger partial charge on any atom is -0.487 e. The Kier molecular flexibility index (Phi) is 5.96. The van der Waals surface area contributed by atoms with E-state index in [0.29, 0.717) is 26.4 Å². The lowest BCUT2D eigenvalue weighted by atomic mass is 10.3. The number of benzene rings is 1. The molecule has 10 heteroatoms. The number of likely N-dealkylation sites (tertiary alicyclic amines) is 1. The van der Waals surface area contributed by atoms with Crippen molar-refractivity contribution in [3.63, 3.8) is 0 Å². The molecule has 0 amide bonds. The second-order valence-corrected chi connectivity index (χ2v) is 10.4. The van der Waals surface area contributed by atoms with Crippen molar-refractivity contribution < 1.29 is 13.2 Å². The predicted octanol–water partition coefficient (Wildman–Crippen LogP) is 4.90. The maximum atomic E-state index is 12.7. The molecule has 1 aromatic heterocycles. The maximum absolute atomic E-state index is 12.7. The highest BCUT2D eigenvalue weighted by atomic mass is 35.5. The molecule has 2 heterocycles. The highest BCUT2D eigenvalue weighted by Crippen LogP contribution is 2.40. The fraction of sp³-hybridized carbons (Fsp3) is 0.375. The van der Waals surface area contributed by atoms with Crippen molar-refractivity contribution in [2.24, 2.45) is 0 Å². The minimum atomic E-state index is -3.88. The average Bonchev–Trinajstić information content (AvgIpc) is 3.05. The van der Waals surface area contributed by atoms with Crippen LogP contribution in [-0.4, -0.2) is 39.6 Å². The van der Waals surface area contributed by atoms with Crippen LogP contribution in [0.1, 0.15) is 12.0 Å². The highest BCUT2D eigenvalue weighted by Gasteiger charge is 2.26. The quantitative estimate of drug-likeness (QED) is 0.696. The lowest BCUT2D eigenvalue weighted by molar-refractivity contribution is 0.208. The molecule has 26 heavy (non-hydrogen) atoms. The van der Waals surface area contributed by atoms with Crippen LogP contribution in [0.2, 0.25) is 13.7 Å². The van der Waals surface area contributed by atoms with Crippen LogP contribution in [0.4, 0.5) is 5.69 Å². The largest absolute Gasteiger partial charge is 0.487 e. The van der Waals surface area contributed by atoms with Gasteiger partial charge in [-0.3, -0.25) is 4.72 Å². The van der Waals surface area contributed by atoms with Gasteiger partial charge in [-0.2, -0.15) is 0 Å². The van der Waals surface area contributed by atoms with Gasteiger partial charge in [0.15, 0.2) is 0 Å². The molecule has 0 saturated carbocycles. The molecule has 1 fully saturated rings. The first kappa shape index (κ1) is 20.0. The van der Waals surface area contributed by atoms with Gasteiger partial charge in [-0.1, -0.05) is 34.8 Å². The Hall–Kier alpha value is -0.700. The second kappa shape index (κ2) is 7.73. The van der Waals surface area contributed by atoms with E-state index in [0.717, 1.165) is 30.8 Å². The molecule has 1 saturated heterocycles. The third kappa shape index (κ3) is 4.24. The minimum absolute atomic E-state index is 0.0102.